The third-order valence-corrected chi connectivity index (χ3v) is 5.15. The monoisotopic (exact) mass is 378 g/mol. The number of nitrogens with one attached hydrogen (secondary N) is 2. The maximum Gasteiger partial charge on any atom is 0.196 e. The zero-order chi connectivity index (χ0) is 20.3. The van der Waals surface area contributed by atoms with Crippen LogP contribution in [0.1, 0.15) is 72.4 Å². The Balaban J connectivity index is 2.02. The molecule has 2 aromatic rings. The summed E-state index contributed by atoms with van der Waals surface area (Å²) < 4.78 is 0. The number of rotatable bonds is 8. The summed E-state index contributed by atoms with van der Waals surface area (Å²) >= 11 is 0. The zero-order valence-electron chi connectivity index (χ0n) is 17.3. The van der Waals surface area contributed by atoms with E-state index in [1.165, 1.54) is 0 Å². The molecule has 0 aliphatic heterocycles. The molecule has 2 aromatic carbocycles. The predicted octanol–water partition coefficient (Wildman–Crippen LogP) is 5.38. The number of carbonyl (C=O) groups excluding carboxylic acids is 2. The average molecular weight is 379 g/mol. The van der Waals surface area contributed by atoms with Crippen molar-refractivity contribution in [2.75, 3.05) is 23.7 Å². The maximum atomic E-state index is 13.3. The molecule has 0 fully saturated rings. The summed E-state index contributed by atoms with van der Waals surface area (Å²) in [6, 6.07) is 11.0. The summed E-state index contributed by atoms with van der Waals surface area (Å²) in [5.41, 5.74) is 3.48. The van der Waals surface area contributed by atoms with Crippen LogP contribution < -0.4 is 10.6 Å². The Hall–Kier alpha value is -2.62. The Kier molecular flexibility index (Phi) is 6.18. The minimum Gasteiger partial charge on any atom is -0.384 e. The van der Waals surface area contributed by atoms with Crippen LogP contribution >= 0.6 is 0 Å². The third kappa shape index (κ3) is 4.11. The number of ketones is 2. The van der Waals surface area contributed by atoms with Crippen molar-refractivity contribution in [3.8, 4) is 0 Å². The Morgan fingerprint density at radius 2 is 1.07 bits per heavy atom. The van der Waals surface area contributed by atoms with E-state index in [0.29, 0.717) is 34.1 Å². The molecule has 1 aliphatic rings. The highest BCUT2D eigenvalue weighted by Gasteiger charge is 2.33. The summed E-state index contributed by atoms with van der Waals surface area (Å²) in [6.45, 7) is 10.2. The van der Waals surface area contributed by atoms with E-state index in [2.05, 4.69) is 38.3 Å². The van der Waals surface area contributed by atoms with Crippen LogP contribution in [0.2, 0.25) is 0 Å². The van der Waals surface area contributed by atoms with Crippen molar-refractivity contribution >= 4 is 22.9 Å². The van der Waals surface area contributed by atoms with Gasteiger partial charge in [-0.1, -0.05) is 52.0 Å². The van der Waals surface area contributed by atoms with Gasteiger partial charge in [-0.2, -0.15) is 0 Å². The van der Waals surface area contributed by atoms with Crippen molar-refractivity contribution in [2.24, 2.45) is 11.8 Å². The fraction of sp³-hybridized carbons (Fsp3) is 0.417. The highest BCUT2D eigenvalue weighted by Crippen LogP contribution is 2.36. The lowest BCUT2D eigenvalue weighted by Gasteiger charge is -2.24. The van der Waals surface area contributed by atoms with Gasteiger partial charge >= 0.3 is 0 Å². The molecule has 4 heteroatoms. The summed E-state index contributed by atoms with van der Waals surface area (Å²) in [5.74, 6) is 0.978. The van der Waals surface area contributed by atoms with E-state index in [0.717, 1.165) is 37.3 Å². The van der Waals surface area contributed by atoms with Gasteiger partial charge in [0.15, 0.2) is 11.6 Å². The molecule has 0 radical (unpaired) electrons. The lowest BCUT2D eigenvalue weighted by molar-refractivity contribution is 0.0980. The average Bonchev–Trinajstić information content (AvgIpc) is 2.66. The number of carbonyl (C=O) groups is 2. The number of benzene rings is 2. The van der Waals surface area contributed by atoms with Gasteiger partial charge in [-0.05, 0) is 36.8 Å². The zero-order valence-corrected chi connectivity index (χ0v) is 17.3. The van der Waals surface area contributed by atoms with Crippen molar-refractivity contribution in [3.63, 3.8) is 0 Å². The van der Waals surface area contributed by atoms with Crippen LogP contribution in [0.4, 0.5) is 11.4 Å². The molecule has 0 atom stereocenters. The fourth-order valence-corrected chi connectivity index (χ4v) is 3.51. The quantitative estimate of drug-likeness (QED) is 0.553. The standard InChI is InChI=1S/C24H30N2O2/c1-15(2)11-13-25-19-9-10-20(26-14-12-16(3)4)22-21(19)23(27)17-7-5-6-8-18(17)24(22)28/h5-10,15-16,25-26H,11-14H2,1-4H3. The van der Waals surface area contributed by atoms with Crippen molar-refractivity contribution in [1.29, 1.82) is 0 Å². The number of fused-ring (bicyclic) bond motifs is 2. The van der Waals surface area contributed by atoms with Crippen LogP contribution in [-0.4, -0.2) is 24.7 Å². The Bertz CT molecular complexity index is 812. The van der Waals surface area contributed by atoms with Crippen LogP contribution in [0, 0.1) is 11.8 Å². The third-order valence-electron chi connectivity index (χ3n) is 5.15. The van der Waals surface area contributed by atoms with Gasteiger partial charge in [0.1, 0.15) is 0 Å². The number of anilines is 2. The van der Waals surface area contributed by atoms with Gasteiger partial charge in [-0.15, -0.1) is 0 Å². The molecule has 0 spiro atoms. The Morgan fingerprint density at radius 1 is 0.679 bits per heavy atom. The molecule has 0 saturated heterocycles. The molecule has 0 heterocycles. The van der Waals surface area contributed by atoms with E-state index in [9.17, 15) is 9.59 Å². The molecular formula is C24H30N2O2. The Labute approximate surface area is 167 Å². The first kappa shape index (κ1) is 20.1. The molecule has 3 rings (SSSR count). The largest absolute Gasteiger partial charge is 0.384 e. The van der Waals surface area contributed by atoms with Gasteiger partial charge in [0.25, 0.3) is 0 Å². The molecule has 2 N–H and O–H groups in total. The molecule has 4 nitrogen and oxygen atoms in total. The van der Waals surface area contributed by atoms with E-state index in [1.807, 2.05) is 24.3 Å². The van der Waals surface area contributed by atoms with Gasteiger partial charge in [-0.25, -0.2) is 0 Å². The predicted molar refractivity (Wildman–Crippen MR) is 116 cm³/mol. The topological polar surface area (TPSA) is 58.2 Å². The SMILES string of the molecule is CC(C)CCNc1ccc(NCCC(C)C)c2c1C(=O)c1ccccc1C2=O. The van der Waals surface area contributed by atoms with Crippen molar-refractivity contribution < 1.29 is 9.59 Å². The van der Waals surface area contributed by atoms with Gasteiger partial charge < -0.3 is 10.6 Å². The van der Waals surface area contributed by atoms with E-state index in [4.69, 9.17) is 0 Å². The molecule has 0 amide bonds. The molecule has 0 unspecified atom stereocenters. The summed E-state index contributed by atoms with van der Waals surface area (Å²) in [7, 11) is 0. The lowest BCUT2D eigenvalue weighted by atomic mass is 9.82. The molecule has 0 bridgehead atoms. The van der Waals surface area contributed by atoms with Gasteiger partial charge in [0, 0.05) is 35.6 Å². The van der Waals surface area contributed by atoms with E-state index in [1.54, 1.807) is 12.1 Å². The minimum atomic E-state index is -0.0789. The normalized spacial score (nSPS) is 12.9. The van der Waals surface area contributed by atoms with Crippen LogP contribution in [-0.2, 0) is 0 Å². The van der Waals surface area contributed by atoms with Crippen LogP contribution in [0.5, 0.6) is 0 Å². The van der Waals surface area contributed by atoms with Crippen molar-refractivity contribution in [2.45, 2.75) is 40.5 Å². The van der Waals surface area contributed by atoms with Crippen LogP contribution in [0.25, 0.3) is 0 Å². The lowest BCUT2D eigenvalue weighted by Crippen LogP contribution is -2.24. The molecule has 148 valence electrons. The second-order valence-corrected chi connectivity index (χ2v) is 8.33. The molecular weight excluding hydrogens is 348 g/mol. The highest BCUT2D eigenvalue weighted by molar-refractivity contribution is 6.31. The van der Waals surface area contributed by atoms with Crippen molar-refractivity contribution in [3.05, 3.63) is 58.7 Å². The van der Waals surface area contributed by atoms with E-state index in [-0.39, 0.29) is 11.6 Å². The smallest absolute Gasteiger partial charge is 0.196 e. The molecule has 0 aromatic heterocycles. The first-order valence-electron chi connectivity index (χ1n) is 10.2. The first-order valence-corrected chi connectivity index (χ1v) is 10.2. The first-order chi connectivity index (χ1) is 13.4. The summed E-state index contributed by atoms with van der Waals surface area (Å²) in [5, 5.41) is 6.77. The summed E-state index contributed by atoms with van der Waals surface area (Å²) in [6.07, 6.45) is 2.00. The second kappa shape index (κ2) is 8.59. The van der Waals surface area contributed by atoms with Crippen molar-refractivity contribution in [1.82, 2.24) is 0 Å². The van der Waals surface area contributed by atoms with E-state index < -0.39 is 0 Å². The Morgan fingerprint density at radius 3 is 1.43 bits per heavy atom. The molecule has 1 aliphatic carbocycles. The number of hydrogen-bond acceptors (Lipinski definition) is 4. The van der Waals surface area contributed by atoms with Gasteiger partial charge in [0.2, 0.25) is 0 Å². The highest BCUT2D eigenvalue weighted by atomic mass is 16.1. The molecule has 28 heavy (non-hydrogen) atoms. The van der Waals surface area contributed by atoms with Gasteiger partial charge in [0.05, 0.1) is 11.1 Å². The second-order valence-electron chi connectivity index (χ2n) is 8.33. The summed E-state index contributed by atoms with van der Waals surface area (Å²) in [4.78, 5) is 26.6. The number of hydrogen-bond donors (Lipinski definition) is 2. The minimum absolute atomic E-state index is 0.0789. The van der Waals surface area contributed by atoms with Crippen LogP contribution in [0.15, 0.2) is 36.4 Å². The maximum absolute atomic E-state index is 13.3. The van der Waals surface area contributed by atoms with E-state index >= 15 is 0 Å². The molecule has 0 saturated carbocycles. The fourth-order valence-electron chi connectivity index (χ4n) is 3.51. The van der Waals surface area contributed by atoms with Crippen LogP contribution in [0.3, 0.4) is 0 Å². The van der Waals surface area contributed by atoms with Gasteiger partial charge in [-0.3, -0.25) is 9.59 Å².